The van der Waals surface area contributed by atoms with Gasteiger partial charge >= 0.3 is 5.97 Å². The molecule has 0 radical (unpaired) electrons. The van der Waals surface area contributed by atoms with Gasteiger partial charge in [-0.3, -0.25) is 9.59 Å². The van der Waals surface area contributed by atoms with Crippen molar-refractivity contribution in [1.29, 1.82) is 0 Å². The van der Waals surface area contributed by atoms with E-state index < -0.39 is 5.97 Å². The van der Waals surface area contributed by atoms with E-state index in [0.717, 1.165) is 12.8 Å². The van der Waals surface area contributed by atoms with Gasteiger partial charge in [-0.2, -0.15) is 0 Å². The molecule has 16 heavy (non-hydrogen) atoms. The van der Waals surface area contributed by atoms with Crippen LogP contribution in [0.3, 0.4) is 0 Å². The molecule has 0 fully saturated rings. The summed E-state index contributed by atoms with van der Waals surface area (Å²) in [6.07, 6.45) is 2.65. The van der Waals surface area contributed by atoms with Crippen molar-refractivity contribution in [3.63, 3.8) is 0 Å². The maximum Gasteiger partial charge on any atom is 0.306 e. The van der Waals surface area contributed by atoms with Gasteiger partial charge < -0.3 is 10.2 Å². The first-order chi connectivity index (χ1) is 6.84. The van der Waals surface area contributed by atoms with Crippen LogP contribution in [0.15, 0.2) is 11.8 Å². The molecule has 5 heteroatoms. The molecule has 0 aromatic heterocycles. The van der Waals surface area contributed by atoms with E-state index in [9.17, 15) is 9.59 Å². The minimum Gasteiger partial charge on any atom is -0.512 e. The van der Waals surface area contributed by atoms with E-state index >= 15 is 0 Å². The number of carboxylic acids is 1. The van der Waals surface area contributed by atoms with Crippen molar-refractivity contribution in [2.24, 2.45) is 5.92 Å². The van der Waals surface area contributed by atoms with Gasteiger partial charge in [-0.1, -0.05) is 13.8 Å². The van der Waals surface area contributed by atoms with Crippen molar-refractivity contribution >= 4 is 11.8 Å². The van der Waals surface area contributed by atoms with Gasteiger partial charge in [0.15, 0.2) is 5.78 Å². The summed E-state index contributed by atoms with van der Waals surface area (Å²) < 4.78 is 0. The fraction of sp³-hybridized carbons (Fsp3) is 0.636. The van der Waals surface area contributed by atoms with Gasteiger partial charge in [0, 0.05) is 32.3 Å². The molecule has 0 bridgehead atoms. The third-order valence-electron chi connectivity index (χ3n) is 1.75. The summed E-state index contributed by atoms with van der Waals surface area (Å²) in [7, 11) is 0. The minimum absolute atomic E-state index is 0. The molecule has 0 amide bonds. The quantitative estimate of drug-likeness (QED) is 0.618. The minimum atomic E-state index is -0.671. The van der Waals surface area contributed by atoms with Gasteiger partial charge in [0.2, 0.25) is 0 Å². The molecule has 0 saturated heterocycles. The van der Waals surface area contributed by atoms with Gasteiger partial charge in [0.1, 0.15) is 0 Å². The topological polar surface area (TPSA) is 74.6 Å². The van der Waals surface area contributed by atoms with Crippen LogP contribution < -0.4 is 0 Å². The van der Waals surface area contributed by atoms with Crippen molar-refractivity contribution < 1.29 is 46.0 Å². The van der Waals surface area contributed by atoms with Crippen LogP contribution in [0, 0.1) is 5.92 Å². The Morgan fingerprint density at radius 3 is 1.50 bits per heavy atom. The number of hydrogen-bond donors (Lipinski definition) is 2. The number of rotatable bonds is 4. The number of aliphatic carboxylic acids is 1. The monoisotopic (exact) mass is 306 g/mol. The van der Waals surface area contributed by atoms with Crippen LogP contribution in [-0.2, 0) is 35.8 Å². The molecule has 2 N–H and O–H groups in total. The molecule has 92 valence electrons. The Morgan fingerprint density at radius 1 is 1.12 bits per heavy atom. The maximum absolute atomic E-state index is 10.2. The zero-order valence-corrected chi connectivity index (χ0v) is 12.7. The number of aliphatic hydroxyl groups excluding tert-OH is 1. The van der Waals surface area contributed by atoms with E-state index in [1.165, 1.54) is 19.9 Å². The fourth-order valence-electron chi connectivity index (χ4n) is 0.932. The third-order valence-corrected chi connectivity index (χ3v) is 1.75. The van der Waals surface area contributed by atoms with Crippen molar-refractivity contribution in [3.05, 3.63) is 11.8 Å². The standard InChI is InChI=1S/C6H12O2.C5H8O2.Zr/c1-3-5(4-2)6(7)8;1-4(6)3-5(2)7;/h5H,3-4H2,1-2H3,(H,7,8);3,6H,1-2H3;/b;4-3-;. The summed E-state index contributed by atoms with van der Waals surface area (Å²) in [5, 5.41) is 16.7. The second-order valence-corrected chi connectivity index (χ2v) is 3.25. The van der Waals surface area contributed by atoms with Crippen LogP contribution in [0.5, 0.6) is 0 Å². The van der Waals surface area contributed by atoms with Crippen molar-refractivity contribution in [3.8, 4) is 0 Å². The van der Waals surface area contributed by atoms with Crippen LogP contribution in [0.1, 0.15) is 40.5 Å². The molecular weight excluding hydrogens is 287 g/mol. The first-order valence-electron chi connectivity index (χ1n) is 4.95. The Bertz CT molecular complexity index is 228. The Kier molecular flexibility index (Phi) is 16.5. The Balaban J connectivity index is -0.000000200. The summed E-state index contributed by atoms with van der Waals surface area (Å²) >= 11 is 0. The summed E-state index contributed by atoms with van der Waals surface area (Å²) in [6.45, 7) is 6.63. The third kappa shape index (κ3) is 16.0. The molecule has 0 aliphatic rings. The zero-order chi connectivity index (χ0) is 12.4. The summed E-state index contributed by atoms with van der Waals surface area (Å²) in [6, 6.07) is 0. The number of ketones is 1. The number of hydrogen-bond acceptors (Lipinski definition) is 3. The molecular formula is C11H20O4Zr. The van der Waals surface area contributed by atoms with E-state index in [0.29, 0.717) is 0 Å². The van der Waals surface area contributed by atoms with Crippen molar-refractivity contribution in [2.75, 3.05) is 0 Å². The van der Waals surface area contributed by atoms with Crippen LogP contribution in [0.25, 0.3) is 0 Å². The van der Waals surface area contributed by atoms with Crippen LogP contribution in [-0.4, -0.2) is 22.0 Å². The number of carbonyl (C=O) groups is 2. The fourth-order valence-corrected chi connectivity index (χ4v) is 0.932. The van der Waals surface area contributed by atoms with E-state index in [1.807, 2.05) is 13.8 Å². The van der Waals surface area contributed by atoms with E-state index in [1.54, 1.807) is 0 Å². The van der Waals surface area contributed by atoms with Crippen LogP contribution in [0.2, 0.25) is 0 Å². The second kappa shape index (κ2) is 12.6. The Labute approximate surface area is 116 Å². The molecule has 0 saturated carbocycles. The number of aliphatic hydroxyl groups is 1. The van der Waals surface area contributed by atoms with Crippen LogP contribution in [0.4, 0.5) is 0 Å². The molecule has 4 nitrogen and oxygen atoms in total. The molecule has 0 atom stereocenters. The first-order valence-corrected chi connectivity index (χ1v) is 4.95. The first kappa shape index (κ1) is 20.9. The second-order valence-electron chi connectivity index (χ2n) is 3.25. The molecule has 0 aliphatic carbocycles. The van der Waals surface area contributed by atoms with Crippen molar-refractivity contribution in [1.82, 2.24) is 0 Å². The molecule has 0 spiro atoms. The molecule has 0 heterocycles. The predicted molar refractivity (Wildman–Crippen MR) is 58.8 cm³/mol. The molecule has 0 aliphatic heterocycles. The van der Waals surface area contributed by atoms with Crippen molar-refractivity contribution in [2.45, 2.75) is 40.5 Å². The average molecular weight is 308 g/mol. The number of carbonyl (C=O) groups excluding carboxylic acids is 1. The number of allylic oxidation sites excluding steroid dienone is 2. The van der Waals surface area contributed by atoms with E-state index in [4.69, 9.17) is 10.2 Å². The molecule has 0 unspecified atom stereocenters. The Hall–Kier alpha value is -0.437. The summed E-state index contributed by atoms with van der Waals surface area (Å²) in [4.78, 5) is 20.2. The van der Waals surface area contributed by atoms with Gasteiger partial charge in [-0.15, -0.1) is 0 Å². The number of carboxylic acid groups (broad SMARTS) is 1. The van der Waals surface area contributed by atoms with E-state index in [-0.39, 0.29) is 43.7 Å². The van der Waals surface area contributed by atoms with Gasteiger partial charge in [-0.25, -0.2) is 0 Å². The molecule has 0 rings (SSSR count). The zero-order valence-electron chi connectivity index (χ0n) is 10.3. The SMILES string of the molecule is CC(=O)/C=C(/C)O.CCC(CC)C(=O)O.[Zr]. The largest absolute Gasteiger partial charge is 0.512 e. The normalized spacial score (nSPS) is 9.94. The van der Waals surface area contributed by atoms with Gasteiger partial charge in [0.05, 0.1) is 11.7 Å². The molecule has 0 aromatic carbocycles. The molecule has 0 aromatic rings. The Morgan fingerprint density at radius 2 is 1.50 bits per heavy atom. The predicted octanol–water partition coefficient (Wildman–Crippen LogP) is 2.54. The smallest absolute Gasteiger partial charge is 0.306 e. The average Bonchev–Trinajstić information content (AvgIpc) is 2.03. The summed E-state index contributed by atoms with van der Waals surface area (Å²) in [5.74, 6) is -0.863. The van der Waals surface area contributed by atoms with Gasteiger partial charge in [-0.05, 0) is 26.7 Å². The van der Waals surface area contributed by atoms with Crippen LogP contribution >= 0.6 is 0 Å². The summed E-state index contributed by atoms with van der Waals surface area (Å²) in [5.41, 5.74) is 0. The maximum atomic E-state index is 10.2. The van der Waals surface area contributed by atoms with E-state index in [2.05, 4.69) is 0 Å². The van der Waals surface area contributed by atoms with Gasteiger partial charge in [0.25, 0.3) is 0 Å².